The lowest BCUT2D eigenvalue weighted by Gasteiger charge is -2.46. The molecule has 0 aliphatic carbocycles. The Morgan fingerprint density at radius 2 is 1.95 bits per heavy atom. The van der Waals surface area contributed by atoms with E-state index in [9.17, 15) is 26.0 Å². The van der Waals surface area contributed by atoms with Crippen LogP contribution in [0.15, 0.2) is 47.6 Å². The first-order valence-electron chi connectivity index (χ1n) is 11.6. The van der Waals surface area contributed by atoms with Crippen LogP contribution >= 0.6 is 23.1 Å². The molecule has 13 heteroatoms. The Kier molecular flexibility index (Phi) is 7.20. The molecule has 0 radical (unpaired) electrons. The van der Waals surface area contributed by atoms with Crippen molar-refractivity contribution in [3.05, 3.63) is 69.7 Å². The molecule has 5 rings (SSSR count). The summed E-state index contributed by atoms with van der Waals surface area (Å²) in [6, 6.07) is 7.67. The maximum atomic E-state index is 13.8. The molecule has 6 nitrogen and oxygen atoms in total. The molecule has 0 N–H and O–H groups in total. The number of nitrogens with zero attached hydrogens (tertiary/aromatic N) is 3. The van der Waals surface area contributed by atoms with E-state index in [2.05, 4.69) is 9.36 Å². The topological polar surface area (TPSA) is 72.4 Å². The second-order valence-corrected chi connectivity index (χ2v) is 12.4. The highest BCUT2D eigenvalue weighted by Gasteiger charge is 2.46. The lowest BCUT2D eigenvalue weighted by molar-refractivity contribution is -0.192. The van der Waals surface area contributed by atoms with Gasteiger partial charge in [0.15, 0.2) is 9.84 Å². The Labute approximate surface area is 220 Å². The van der Waals surface area contributed by atoms with Crippen LogP contribution in [-0.4, -0.2) is 42.0 Å². The molecule has 0 unspecified atom stereocenters. The van der Waals surface area contributed by atoms with E-state index in [-0.39, 0.29) is 47.7 Å². The lowest BCUT2D eigenvalue weighted by Crippen LogP contribution is -2.44. The Hall–Kier alpha value is -2.28. The Morgan fingerprint density at radius 1 is 1.14 bits per heavy atom. The fourth-order valence-electron chi connectivity index (χ4n) is 5.10. The van der Waals surface area contributed by atoms with E-state index in [1.165, 1.54) is 36.7 Å². The molecule has 0 saturated carbocycles. The van der Waals surface area contributed by atoms with Gasteiger partial charge in [-0.15, -0.1) is 0 Å². The predicted octanol–water partition coefficient (Wildman–Crippen LogP) is 6.14. The molecule has 0 amide bonds. The molecule has 0 spiro atoms. The van der Waals surface area contributed by atoms with Crippen LogP contribution in [0.2, 0.25) is 5.02 Å². The van der Waals surface area contributed by atoms with Gasteiger partial charge in [0.05, 0.1) is 22.4 Å². The maximum absolute atomic E-state index is 13.8. The van der Waals surface area contributed by atoms with Gasteiger partial charge in [0, 0.05) is 24.1 Å². The van der Waals surface area contributed by atoms with Gasteiger partial charge in [0.25, 0.3) is 0 Å². The summed E-state index contributed by atoms with van der Waals surface area (Å²) >= 11 is 6.99. The normalized spacial score (nSPS) is 22.9. The molecule has 3 aromatic rings. The first-order chi connectivity index (χ1) is 17.5. The van der Waals surface area contributed by atoms with Crippen LogP contribution in [0.1, 0.15) is 47.5 Å². The zero-order valence-electron chi connectivity index (χ0n) is 19.3. The zero-order valence-corrected chi connectivity index (χ0v) is 21.7. The molecule has 2 aliphatic rings. The maximum Gasteiger partial charge on any atom is 0.391 e. The van der Waals surface area contributed by atoms with E-state index >= 15 is 0 Å². The van der Waals surface area contributed by atoms with Crippen LogP contribution in [-0.2, 0) is 15.6 Å². The third kappa shape index (κ3) is 5.47. The van der Waals surface area contributed by atoms with Gasteiger partial charge in [-0.3, -0.25) is 4.90 Å². The van der Waals surface area contributed by atoms with Crippen molar-refractivity contribution >= 4 is 33.0 Å². The standard InChI is InChI=1S/C24H22ClF4N3O3S2/c25-18-9-14(1-4-19(18)26)21-10-15(24(27,28)29)5-7-32(21)20-6-8-35-22-11-16(2-3-17(20)22)37(33,34)12-23-30-13-31-36-23/h1-4,9,11,13,15,20-21H,5-8,10,12H2/t15-,20+,21+/m1/s1. The van der Waals surface area contributed by atoms with Gasteiger partial charge in [-0.25, -0.2) is 17.8 Å². The highest BCUT2D eigenvalue weighted by Crippen LogP contribution is 2.48. The predicted molar refractivity (Wildman–Crippen MR) is 130 cm³/mol. The van der Waals surface area contributed by atoms with Crippen LogP contribution in [0.5, 0.6) is 5.75 Å². The molecule has 1 saturated heterocycles. The van der Waals surface area contributed by atoms with Crippen LogP contribution < -0.4 is 4.74 Å². The largest absolute Gasteiger partial charge is 0.493 e. The molecular weight excluding hydrogens is 554 g/mol. The average Bonchev–Trinajstić information content (AvgIpc) is 3.36. The fraction of sp³-hybridized carbons (Fsp3) is 0.417. The SMILES string of the molecule is O=S(=O)(Cc1ncns1)c1ccc2c(c1)OCC[C@@H]2N1CC[C@@H](C(F)(F)F)C[C@H]1c1ccc(F)c(Cl)c1. The molecule has 3 heterocycles. The van der Waals surface area contributed by atoms with E-state index < -0.39 is 33.8 Å². The summed E-state index contributed by atoms with van der Waals surface area (Å²) < 4.78 is 90.4. The first kappa shape index (κ1) is 26.3. The van der Waals surface area contributed by atoms with Crippen molar-refractivity contribution in [3.63, 3.8) is 0 Å². The number of rotatable bonds is 5. The van der Waals surface area contributed by atoms with Crippen LogP contribution in [0, 0.1) is 11.7 Å². The number of aromatic nitrogens is 2. The summed E-state index contributed by atoms with van der Waals surface area (Å²) in [6.45, 7) is 0.429. The smallest absolute Gasteiger partial charge is 0.391 e. The van der Waals surface area contributed by atoms with Crippen molar-refractivity contribution in [2.75, 3.05) is 13.2 Å². The second kappa shape index (κ2) is 10.1. The van der Waals surface area contributed by atoms with Crippen LogP contribution in [0.4, 0.5) is 17.6 Å². The highest BCUT2D eigenvalue weighted by atomic mass is 35.5. The van der Waals surface area contributed by atoms with Crippen molar-refractivity contribution in [2.24, 2.45) is 5.92 Å². The van der Waals surface area contributed by atoms with Crippen molar-refractivity contribution in [2.45, 2.75) is 48.2 Å². The number of sulfone groups is 1. The highest BCUT2D eigenvalue weighted by molar-refractivity contribution is 7.90. The van der Waals surface area contributed by atoms with Gasteiger partial charge in [-0.2, -0.15) is 17.5 Å². The minimum absolute atomic E-state index is 0.0692. The van der Waals surface area contributed by atoms with Crippen molar-refractivity contribution < 1.29 is 30.7 Å². The molecule has 198 valence electrons. The quantitative estimate of drug-likeness (QED) is 0.340. The van der Waals surface area contributed by atoms with Gasteiger partial charge in [0.2, 0.25) is 0 Å². The van der Waals surface area contributed by atoms with E-state index in [4.69, 9.17) is 16.3 Å². The van der Waals surface area contributed by atoms with Crippen LogP contribution in [0.25, 0.3) is 0 Å². The number of benzene rings is 2. The van der Waals surface area contributed by atoms with Gasteiger partial charge in [0.1, 0.15) is 28.7 Å². The summed E-state index contributed by atoms with van der Waals surface area (Å²) in [4.78, 5) is 5.98. The summed E-state index contributed by atoms with van der Waals surface area (Å²) in [5.74, 6) is -2.05. The van der Waals surface area contributed by atoms with E-state index in [0.717, 1.165) is 11.5 Å². The molecule has 2 aromatic carbocycles. The Bertz CT molecular complexity index is 1390. The van der Waals surface area contributed by atoms with Gasteiger partial charge in [-0.1, -0.05) is 23.7 Å². The zero-order chi connectivity index (χ0) is 26.4. The number of halogens is 5. The Balaban J connectivity index is 1.48. The average molecular weight is 576 g/mol. The molecule has 1 fully saturated rings. The summed E-state index contributed by atoms with van der Waals surface area (Å²) in [6.07, 6.45) is -2.81. The van der Waals surface area contributed by atoms with Crippen molar-refractivity contribution in [3.8, 4) is 5.75 Å². The lowest BCUT2D eigenvalue weighted by atomic mass is 9.84. The molecular formula is C24H22ClF4N3O3S2. The molecule has 1 aromatic heterocycles. The number of alkyl halides is 3. The number of ether oxygens (including phenoxy) is 1. The molecule has 2 aliphatic heterocycles. The third-order valence-corrected chi connectivity index (χ3v) is 9.67. The fourth-order valence-corrected chi connectivity index (χ4v) is 7.40. The molecule has 37 heavy (non-hydrogen) atoms. The monoisotopic (exact) mass is 575 g/mol. The molecule has 3 atom stereocenters. The number of fused-ring (bicyclic) bond motifs is 1. The van der Waals surface area contributed by atoms with Gasteiger partial charge < -0.3 is 4.74 Å². The third-order valence-electron chi connectivity index (χ3n) is 6.91. The number of hydrogen-bond acceptors (Lipinski definition) is 7. The molecule has 0 bridgehead atoms. The summed E-state index contributed by atoms with van der Waals surface area (Å²) in [7, 11) is -3.71. The van der Waals surface area contributed by atoms with Gasteiger partial charge >= 0.3 is 6.18 Å². The first-order valence-corrected chi connectivity index (χ1v) is 14.4. The van der Waals surface area contributed by atoms with E-state index in [0.29, 0.717) is 28.3 Å². The van der Waals surface area contributed by atoms with Crippen molar-refractivity contribution in [1.82, 2.24) is 14.3 Å². The number of piperidine rings is 1. The summed E-state index contributed by atoms with van der Waals surface area (Å²) in [5, 5.41) is 0.217. The summed E-state index contributed by atoms with van der Waals surface area (Å²) in [5.41, 5.74) is 1.20. The number of hydrogen-bond donors (Lipinski definition) is 0. The van der Waals surface area contributed by atoms with Crippen molar-refractivity contribution in [1.29, 1.82) is 0 Å². The van der Waals surface area contributed by atoms with E-state index in [1.54, 1.807) is 6.07 Å². The minimum atomic E-state index is -4.35. The van der Waals surface area contributed by atoms with E-state index in [1.807, 2.05) is 4.90 Å². The number of likely N-dealkylation sites (tertiary alicyclic amines) is 1. The minimum Gasteiger partial charge on any atom is -0.493 e. The second-order valence-electron chi connectivity index (χ2n) is 9.14. The Morgan fingerprint density at radius 3 is 2.65 bits per heavy atom. The van der Waals surface area contributed by atoms with Crippen LogP contribution in [0.3, 0.4) is 0 Å². The van der Waals surface area contributed by atoms with Gasteiger partial charge in [-0.05, 0) is 60.7 Å².